The van der Waals surface area contributed by atoms with Gasteiger partial charge >= 0.3 is 0 Å². The zero-order valence-corrected chi connectivity index (χ0v) is 24.0. The monoisotopic (exact) mass is 573 g/mol. The Morgan fingerprint density at radius 1 is 1.18 bits per heavy atom. The first kappa shape index (κ1) is 29.6. The number of fused-ring (bicyclic) bond motifs is 1. The van der Waals surface area contributed by atoms with Gasteiger partial charge in [0, 0.05) is 47.1 Å². The number of aromatic nitrogens is 1. The van der Waals surface area contributed by atoms with Crippen molar-refractivity contribution in [1.29, 1.82) is 0 Å². The molecule has 1 N–H and O–H groups in total. The van der Waals surface area contributed by atoms with Crippen LogP contribution in [-0.4, -0.2) is 58.6 Å². The summed E-state index contributed by atoms with van der Waals surface area (Å²) in [5.41, 5.74) is 1.63. The van der Waals surface area contributed by atoms with Crippen LogP contribution in [0.2, 0.25) is 0 Å². The second kappa shape index (κ2) is 12.0. The van der Waals surface area contributed by atoms with Crippen molar-refractivity contribution in [2.24, 2.45) is 0 Å². The first-order valence-electron chi connectivity index (χ1n) is 13.3. The van der Waals surface area contributed by atoms with Crippen molar-refractivity contribution < 1.29 is 32.3 Å². The Morgan fingerprint density at radius 3 is 2.60 bits per heavy atom. The molecule has 214 valence electrons. The maximum absolute atomic E-state index is 14.5. The minimum absolute atomic E-state index is 0.0911. The van der Waals surface area contributed by atoms with Gasteiger partial charge in [-0.1, -0.05) is 31.2 Å². The number of Topliss-reactive ketones (excluding diaryl/α,β-unsaturated/α-hetero) is 1. The lowest BCUT2D eigenvalue weighted by molar-refractivity contribution is -0.139. The van der Waals surface area contributed by atoms with Crippen LogP contribution >= 0.6 is 7.37 Å². The van der Waals surface area contributed by atoms with E-state index in [1.54, 1.807) is 67.9 Å². The van der Waals surface area contributed by atoms with Crippen molar-refractivity contribution in [3.63, 3.8) is 0 Å². The second-order valence-electron chi connectivity index (χ2n) is 10.00. The standard InChI is InChI=1S/C29H34F2N3O5P/c1-5-39-40(38,6-2)22-10-11-23-24(19(4)35)16-33(25(23)13-22)17-27(36)34-15-21(30)12-26(34)29(37)32-14-20-9-7-8-18(3)28(20)31/h7-11,13,16,21,26H,5-6,12,14-15,17H2,1-4H3,(H,32,37)/t21-,26+,40?/m1/s1. The molecule has 1 saturated heterocycles. The number of carbonyl (C=O) groups is 3. The molecule has 1 aliphatic rings. The van der Waals surface area contributed by atoms with Crippen LogP contribution in [-0.2, 0) is 31.8 Å². The minimum Gasteiger partial charge on any atom is -0.350 e. The molecule has 2 aromatic carbocycles. The van der Waals surface area contributed by atoms with Gasteiger partial charge in [0.05, 0.1) is 18.7 Å². The van der Waals surface area contributed by atoms with E-state index in [2.05, 4.69) is 5.32 Å². The summed E-state index contributed by atoms with van der Waals surface area (Å²) < 4.78 is 49.4. The van der Waals surface area contributed by atoms with Crippen LogP contribution in [0.4, 0.5) is 8.78 Å². The zero-order valence-electron chi connectivity index (χ0n) is 23.1. The molecule has 8 nitrogen and oxygen atoms in total. The van der Waals surface area contributed by atoms with E-state index in [0.717, 1.165) is 0 Å². The van der Waals surface area contributed by atoms with Crippen LogP contribution in [0.5, 0.6) is 0 Å². The molecular formula is C29H34F2N3O5P. The Labute approximate surface area is 232 Å². The summed E-state index contributed by atoms with van der Waals surface area (Å²) in [7, 11) is -3.14. The van der Waals surface area contributed by atoms with Gasteiger partial charge in [-0.25, -0.2) is 8.78 Å². The topological polar surface area (TPSA) is 97.7 Å². The number of nitrogens with zero attached hydrogens (tertiary/aromatic N) is 2. The molecule has 4 rings (SSSR count). The summed E-state index contributed by atoms with van der Waals surface area (Å²) in [6.45, 7) is 6.22. The summed E-state index contributed by atoms with van der Waals surface area (Å²) in [6.07, 6.45) is 0.264. The average Bonchev–Trinajstić information content (AvgIpc) is 3.50. The number of halogens is 2. The highest BCUT2D eigenvalue weighted by Gasteiger charge is 2.40. The summed E-state index contributed by atoms with van der Waals surface area (Å²) in [6, 6.07) is 8.83. The molecule has 0 spiro atoms. The highest BCUT2D eigenvalue weighted by Crippen LogP contribution is 2.45. The number of aryl methyl sites for hydroxylation is 1. The van der Waals surface area contributed by atoms with Crippen molar-refractivity contribution in [3.05, 3.63) is 65.1 Å². The fourth-order valence-corrected chi connectivity index (χ4v) is 6.89. The Bertz CT molecular complexity index is 1500. The molecule has 2 amide bonds. The Kier molecular flexibility index (Phi) is 8.90. The molecule has 11 heteroatoms. The lowest BCUT2D eigenvalue weighted by Crippen LogP contribution is -2.46. The number of hydrogen-bond donors (Lipinski definition) is 1. The van der Waals surface area contributed by atoms with Gasteiger partial charge in [-0.05, 0) is 38.5 Å². The Balaban J connectivity index is 1.59. The maximum atomic E-state index is 14.5. The molecule has 1 unspecified atom stereocenters. The third-order valence-corrected chi connectivity index (χ3v) is 9.87. The largest absolute Gasteiger partial charge is 0.350 e. The van der Waals surface area contributed by atoms with Crippen molar-refractivity contribution in [1.82, 2.24) is 14.8 Å². The molecule has 0 saturated carbocycles. The van der Waals surface area contributed by atoms with Gasteiger partial charge in [-0.2, -0.15) is 0 Å². The number of hydrogen-bond acceptors (Lipinski definition) is 5. The van der Waals surface area contributed by atoms with Gasteiger partial charge in [-0.3, -0.25) is 18.9 Å². The van der Waals surface area contributed by atoms with Crippen molar-refractivity contribution in [2.45, 2.75) is 59.4 Å². The SMILES string of the molecule is CCOP(=O)(CC)c1ccc2c(C(C)=O)cn(CC(=O)N3C[C@H](F)C[C@H]3C(=O)NCc3cccc(C)c3F)c2c1. The predicted octanol–water partition coefficient (Wildman–Crippen LogP) is 4.51. The average molecular weight is 574 g/mol. The number of carbonyl (C=O) groups excluding carboxylic acids is 3. The van der Waals surface area contributed by atoms with E-state index in [-0.39, 0.29) is 44.6 Å². The fourth-order valence-electron chi connectivity index (χ4n) is 5.15. The molecule has 2 heterocycles. The Morgan fingerprint density at radius 2 is 1.93 bits per heavy atom. The van der Waals surface area contributed by atoms with E-state index in [0.29, 0.717) is 32.9 Å². The molecule has 0 radical (unpaired) electrons. The molecule has 1 aliphatic heterocycles. The second-order valence-corrected chi connectivity index (χ2v) is 12.8. The Hall–Kier alpha value is -3.36. The molecule has 1 fully saturated rings. The van der Waals surface area contributed by atoms with Crippen molar-refractivity contribution in [2.75, 3.05) is 19.3 Å². The third-order valence-electron chi connectivity index (χ3n) is 7.30. The van der Waals surface area contributed by atoms with E-state index in [1.807, 2.05) is 0 Å². The number of nitrogens with one attached hydrogen (secondary N) is 1. The van der Waals surface area contributed by atoms with Crippen molar-refractivity contribution in [3.8, 4) is 0 Å². The molecule has 1 aromatic heterocycles. The summed E-state index contributed by atoms with van der Waals surface area (Å²) in [5, 5.41) is 3.69. The number of amides is 2. The number of ketones is 1. The van der Waals surface area contributed by atoms with E-state index < -0.39 is 37.2 Å². The van der Waals surface area contributed by atoms with Gasteiger partial charge in [0.2, 0.25) is 19.2 Å². The van der Waals surface area contributed by atoms with Crippen LogP contribution in [0.1, 0.15) is 48.7 Å². The molecule has 40 heavy (non-hydrogen) atoms. The van der Waals surface area contributed by atoms with E-state index in [9.17, 15) is 27.7 Å². The summed E-state index contributed by atoms with van der Waals surface area (Å²) in [5.74, 6) is -1.72. The molecule has 0 aliphatic carbocycles. The van der Waals surface area contributed by atoms with Gasteiger partial charge in [0.15, 0.2) is 5.78 Å². The van der Waals surface area contributed by atoms with Gasteiger partial charge in [0.1, 0.15) is 24.6 Å². The fraction of sp³-hybridized carbons (Fsp3) is 0.414. The number of likely N-dealkylation sites (tertiary alicyclic amines) is 1. The third kappa shape index (κ3) is 5.88. The van der Waals surface area contributed by atoms with E-state index in [4.69, 9.17) is 4.52 Å². The highest BCUT2D eigenvalue weighted by atomic mass is 31.2. The smallest absolute Gasteiger partial charge is 0.243 e. The summed E-state index contributed by atoms with van der Waals surface area (Å²) in [4.78, 5) is 40.0. The number of alkyl halides is 1. The minimum atomic E-state index is -3.14. The first-order valence-corrected chi connectivity index (χ1v) is 15.1. The number of rotatable bonds is 10. The quantitative estimate of drug-likeness (QED) is 0.285. The van der Waals surface area contributed by atoms with E-state index in [1.165, 1.54) is 11.8 Å². The van der Waals surface area contributed by atoms with Crippen LogP contribution < -0.4 is 10.6 Å². The van der Waals surface area contributed by atoms with Gasteiger partial charge in [0.25, 0.3) is 0 Å². The van der Waals surface area contributed by atoms with Crippen molar-refractivity contribution >= 4 is 41.2 Å². The highest BCUT2D eigenvalue weighted by molar-refractivity contribution is 7.67. The first-order chi connectivity index (χ1) is 19.0. The van der Waals surface area contributed by atoms with E-state index >= 15 is 0 Å². The van der Waals surface area contributed by atoms with Crippen LogP contribution in [0.25, 0.3) is 10.9 Å². The van der Waals surface area contributed by atoms with Crippen LogP contribution in [0, 0.1) is 12.7 Å². The van der Waals surface area contributed by atoms with Gasteiger partial charge in [-0.15, -0.1) is 0 Å². The maximum Gasteiger partial charge on any atom is 0.243 e. The molecule has 3 aromatic rings. The molecule has 3 atom stereocenters. The van der Waals surface area contributed by atoms with Gasteiger partial charge < -0.3 is 19.3 Å². The van der Waals surface area contributed by atoms with Crippen LogP contribution in [0.15, 0.2) is 42.6 Å². The summed E-state index contributed by atoms with van der Waals surface area (Å²) >= 11 is 0. The predicted molar refractivity (Wildman–Crippen MR) is 149 cm³/mol. The lowest BCUT2D eigenvalue weighted by atomic mass is 10.1. The molecule has 0 bridgehead atoms. The normalized spacial score (nSPS) is 18.6. The zero-order chi connectivity index (χ0) is 29.2. The van der Waals surface area contributed by atoms with Crippen LogP contribution in [0.3, 0.4) is 0 Å². The lowest BCUT2D eigenvalue weighted by Gasteiger charge is -2.24. The number of benzene rings is 2. The molecular weight excluding hydrogens is 539 g/mol.